The van der Waals surface area contributed by atoms with Gasteiger partial charge in [0.15, 0.2) is 0 Å². The number of hydrogen-bond donors (Lipinski definition) is 3. The van der Waals surface area contributed by atoms with Crippen molar-refractivity contribution in [1.82, 2.24) is 10.0 Å². The van der Waals surface area contributed by atoms with Crippen molar-refractivity contribution in [2.24, 2.45) is 10.7 Å². The Kier molecular flexibility index (Phi) is 6.84. The van der Waals surface area contributed by atoms with Gasteiger partial charge in [-0.25, -0.2) is 18.1 Å². The van der Waals surface area contributed by atoms with E-state index in [4.69, 9.17) is 5.73 Å². The number of nitrogens with zero attached hydrogens (tertiary/aromatic N) is 1. The maximum Gasteiger partial charge on any atom is 0.264 e. The summed E-state index contributed by atoms with van der Waals surface area (Å²) >= 11 is 0. The van der Waals surface area contributed by atoms with E-state index in [2.05, 4.69) is 15.0 Å². The molecule has 0 aliphatic heterocycles. The lowest BCUT2D eigenvalue weighted by Crippen LogP contribution is -2.38. The molecule has 0 heterocycles. The van der Waals surface area contributed by atoms with E-state index in [-0.39, 0.29) is 23.3 Å². The third-order valence-electron chi connectivity index (χ3n) is 2.82. The Labute approximate surface area is 131 Å². The standard InChI is InChI=1S/C14H22N4O3S/c1-3-4-9-16-13(19)10-17-14(15)18-22(20,21)12-7-5-11(2)6-8-12/h5-8H,3-4,9-10H2,1-2H3,(H,16,19)(H3,15,17,18). The van der Waals surface area contributed by atoms with Crippen molar-refractivity contribution in [3.05, 3.63) is 29.8 Å². The monoisotopic (exact) mass is 326 g/mol. The zero-order chi connectivity index (χ0) is 16.6. The molecule has 0 aliphatic carbocycles. The van der Waals surface area contributed by atoms with Gasteiger partial charge in [-0.15, -0.1) is 0 Å². The number of sulfonamides is 1. The van der Waals surface area contributed by atoms with E-state index in [9.17, 15) is 13.2 Å². The van der Waals surface area contributed by atoms with Crippen LogP contribution in [-0.4, -0.2) is 33.4 Å². The van der Waals surface area contributed by atoms with E-state index in [1.54, 1.807) is 12.1 Å². The van der Waals surface area contributed by atoms with Gasteiger partial charge in [-0.3, -0.25) is 4.79 Å². The second-order valence-electron chi connectivity index (χ2n) is 4.82. The van der Waals surface area contributed by atoms with Crippen LogP contribution >= 0.6 is 0 Å². The molecule has 1 amide bonds. The van der Waals surface area contributed by atoms with Crippen LogP contribution in [0.4, 0.5) is 0 Å². The lowest BCUT2D eigenvalue weighted by Gasteiger charge is -2.07. The summed E-state index contributed by atoms with van der Waals surface area (Å²) in [5.74, 6) is -0.614. The number of nitrogens with one attached hydrogen (secondary N) is 2. The van der Waals surface area contributed by atoms with Crippen LogP contribution < -0.4 is 15.8 Å². The van der Waals surface area contributed by atoms with Gasteiger partial charge in [0.05, 0.1) is 4.90 Å². The molecule has 22 heavy (non-hydrogen) atoms. The number of hydrogen-bond acceptors (Lipinski definition) is 4. The number of nitrogens with two attached hydrogens (primary N) is 1. The molecule has 4 N–H and O–H groups in total. The van der Waals surface area contributed by atoms with Crippen molar-refractivity contribution < 1.29 is 13.2 Å². The highest BCUT2D eigenvalue weighted by Crippen LogP contribution is 2.09. The fourth-order valence-electron chi connectivity index (χ4n) is 1.56. The second kappa shape index (κ2) is 8.38. The first-order valence-electron chi connectivity index (χ1n) is 7.01. The third-order valence-corrected chi connectivity index (χ3v) is 4.19. The summed E-state index contributed by atoms with van der Waals surface area (Å²) in [5, 5.41) is 2.66. The quantitative estimate of drug-likeness (QED) is 0.385. The van der Waals surface area contributed by atoms with E-state index in [1.807, 2.05) is 13.8 Å². The largest absolute Gasteiger partial charge is 0.369 e. The minimum Gasteiger partial charge on any atom is -0.369 e. The Morgan fingerprint density at radius 3 is 2.50 bits per heavy atom. The van der Waals surface area contributed by atoms with Crippen molar-refractivity contribution in [2.75, 3.05) is 13.1 Å². The summed E-state index contributed by atoms with van der Waals surface area (Å²) in [4.78, 5) is 15.3. The zero-order valence-corrected chi connectivity index (χ0v) is 13.6. The maximum atomic E-state index is 12.0. The van der Waals surface area contributed by atoms with Gasteiger partial charge in [-0.1, -0.05) is 31.0 Å². The lowest BCUT2D eigenvalue weighted by molar-refractivity contribution is -0.119. The summed E-state index contributed by atoms with van der Waals surface area (Å²) in [6.45, 7) is 4.23. The maximum absolute atomic E-state index is 12.0. The summed E-state index contributed by atoms with van der Waals surface area (Å²) in [5.41, 5.74) is 6.46. The minimum atomic E-state index is -3.78. The van der Waals surface area contributed by atoms with Crippen LogP contribution in [0, 0.1) is 6.92 Å². The summed E-state index contributed by atoms with van der Waals surface area (Å²) in [6, 6.07) is 6.32. The van der Waals surface area contributed by atoms with Crippen LogP contribution in [0.25, 0.3) is 0 Å². The predicted molar refractivity (Wildman–Crippen MR) is 85.9 cm³/mol. The number of rotatable bonds is 7. The van der Waals surface area contributed by atoms with Crippen molar-refractivity contribution in [3.8, 4) is 0 Å². The van der Waals surface area contributed by atoms with Gasteiger partial charge in [-0.05, 0) is 25.5 Å². The number of unbranched alkanes of at least 4 members (excludes halogenated alkanes) is 1. The number of amides is 1. The first kappa shape index (κ1) is 18.0. The predicted octanol–water partition coefficient (Wildman–Crippen LogP) is 0.504. The first-order valence-corrected chi connectivity index (χ1v) is 8.49. The summed E-state index contributed by atoms with van der Waals surface area (Å²) in [6.07, 6.45) is 1.85. The van der Waals surface area contributed by atoms with Crippen molar-refractivity contribution in [3.63, 3.8) is 0 Å². The van der Waals surface area contributed by atoms with E-state index >= 15 is 0 Å². The van der Waals surface area contributed by atoms with Crippen LogP contribution in [0.2, 0.25) is 0 Å². The van der Waals surface area contributed by atoms with E-state index < -0.39 is 10.0 Å². The minimum absolute atomic E-state index is 0.0867. The fraction of sp³-hybridized carbons (Fsp3) is 0.429. The van der Waals surface area contributed by atoms with Crippen LogP contribution in [-0.2, 0) is 14.8 Å². The van der Waals surface area contributed by atoms with Gasteiger partial charge in [-0.2, -0.15) is 0 Å². The van der Waals surface area contributed by atoms with Crippen molar-refractivity contribution in [2.45, 2.75) is 31.6 Å². The molecule has 7 nitrogen and oxygen atoms in total. The number of carbonyl (C=O) groups excluding carboxylic acids is 1. The average molecular weight is 326 g/mol. The number of aliphatic imine (C=N–C) groups is 1. The normalized spacial score (nSPS) is 12.0. The molecule has 122 valence electrons. The molecule has 0 saturated heterocycles. The van der Waals surface area contributed by atoms with Gasteiger partial charge in [0.1, 0.15) is 6.54 Å². The molecule has 0 saturated carbocycles. The smallest absolute Gasteiger partial charge is 0.264 e. The molecular weight excluding hydrogens is 304 g/mol. The molecule has 0 radical (unpaired) electrons. The van der Waals surface area contributed by atoms with Gasteiger partial charge in [0.25, 0.3) is 10.0 Å². The topological polar surface area (TPSA) is 114 Å². The van der Waals surface area contributed by atoms with Gasteiger partial charge >= 0.3 is 0 Å². The van der Waals surface area contributed by atoms with E-state index in [0.29, 0.717) is 6.54 Å². The molecule has 1 rings (SSSR count). The van der Waals surface area contributed by atoms with Crippen molar-refractivity contribution >= 4 is 21.9 Å². The SMILES string of the molecule is CCCCNC(=O)CN=C(N)NS(=O)(=O)c1ccc(C)cc1. The van der Waals surface area contributed by atoms with Gasteiger partial charge in [0.2, 0.25) is 11.9 Å². The van der Waals surface area contributed by atoms with Gasteiger partial charge < -0.3 is 11.1 Å². The Hall–Kier alpha value is -2.09. The lowest BCUT2D eigenvalue weighted by atomic mass is 10.2. The Bertz CT molecular complexity index is 624. The molecule has 0 bridgehead atoms. The zero-order valence-electron chi connectivity index (χ0n) is 12.8. The van der Waals surface area contributed by atoms with Crippen molar-refractivity contribution in [1.29, 1.82) is 0 Å². The molecule has 8 heteroatoms. The molecule has 0 aromatic heterocycles. The fourth-order valence-corrected chi connectivity index (χ4v) is 2.52. The van der Waals surface area contributed by atoms with Crippen LogP contribution in [0.15, 0.2) is 34.2 Å². The number of carbonyl (C=O) groups is 1. The molecule has 0 aliphatic rings. The highest BCUT2D eigenvalue weighted by atomic mass is 32.2. The highest BCUT2D eigenvalue weighted by Gasteiger charge is 2.14. The molecular formula is C14H22N4O3S. The Morgan fingerprint density at radius 2 is 1.91 bits per heavy atom. The molecule has 1 aromatic carbocycles. The average Bonchev–Trinajstić information content (AvgIpc) is 2.45. The molecule has 0 fully saturated rings. The van der Waals surface area contributed by atoms with Crippen LogP contribution in [0.5, 0.6) is 0 Å². The van der Waals surface area contributed by atoms with E-state index in [0.717, 1.165) is 18.4 Å². The van der Waals surface area contributed by atoms with E-state index in [1.165, 1.54) is 12.1 Å². The molecule has 0 spiro atoms. The molecule has 1 aromatic rings. The summed E-state index contributed by atoms with van der Waals surface area (Å²) in [7, 11) is -3.78. The highest BCUT2D eigenvalue weighted by molar-refractivity contribution is 7.90. The number of guanidine groups is 1. The Morgan fingerprint density at radius 1 is 1.27 bits per heavy atom. The second-order valence-corrected chi connectivity index (χ2v) is 6.51. The number of benzene rings is 1. The third kappa shape index (κ3) is 6.13. The van der Waals surface area contributed by atoms with Gasteiger partial charge in [0, 0.05) is 6.54 Å². The van der Waals surface area contributed by atoms with Crippen LogP contribution in [0.3, 0.4) is 0 Å². The summed E-state index contributed by atoms with van der Waals surface area (Å²) < 4.78 is 26.2. The number of aryl methyl sites for hydroxylation is 1. The first-order chi connectivity index (χ1) is 10.3. The van der Waals surface area contributed by atoms with Crippen LogP contribution in [0.1, 0.15) is 25.3 Å². The Balaban J connectivity index is 2.59. The molecule has 0 unspecified atom stereocenters. The molecule has 0 atom stereocenters.